The minimum absolute atomic E-state index is 0.138. The predicted octanol–water partition coefficient (Wildman–Crippen LogP) is 4.00. The monoisotopic (exact) mass is 311 g/mol. The van der Waals surface area contributed by atoms with Gasteiger partial charge in [-0.1, -0.05) is 37.5 Å². The highest BCUT2D eigenvalue weighted by atomic mass is 16.2. The van der Waals surface area contributed by atoms with Crippen LogP contribution in [0.15, 0.2) is 30.5 Å². The van der Waals surface area contributed by atoms with Crippen LogP contribution in [-0.4, -0.2) is 35.0 Å². The summed E-state index contributed by atoms with van der Waals surface area (Å²) in [6.07, 6.45) is 9.29. The van der Waals surface area contributed by atoms with Crippen molar-refractivity contribution in [2.24, 2.45) is 0 Å². The van der Waals surface area contributed by atoms with Gasteiger partial charge in [0.15, 0.2) is 0 Å². The molecule has 1 saturated carbocycles. The van der Waals surface area contributed by atoms with Crippen LogP contribution in [0.5, 0.6) is 0 Å². The summed E-state index contributed by atoms with van der Waals surface area (Å²) in [5.41, 5.74) is 2.54. The third-order valence-electron chi connectivity index (χ3n) is 5.47. The Kier molecular flexibility index (Phi) is 3.98. The molecule has 0 bridgehead atoms. The number of amides is 2. The fourth-order valence-corrected chi connectivity index (χ4v) is 4.14. The second-order valence-electron chi connectivity index (χ2n) is 7.01. The van der Waals surface area contributed by atoms with Crippen molar-refractivity contribution in [1.29, 1.82) is 0 Å². The maximum Gasteiger partial charge on any atom is 0.317 e. The van der Waals surface area contributed by atoms with Crippen molar-refractivity contribution >= 4 is 16.9 Å². The minimum Gasteiger partial charge on any atom is -0.361 e. The van der Waals surface area contributed by atoms with Crippen molar-refractivity contribution in [3.05, 3.63) is 36.0 Å². The van der Waals surface area contributed by atoms with E-state index in [4.69, 9.17) is 0 Å². The molecule has 2 aromatic rings. The number of carbonyl (C=O) groups is 1. The highest BCUT2D eigenvalue weighted by molar-refractivity contribution is 5.84. The van der Waals surface area contributed by atoms with E-state index in [1.165, 1.54) is 35.7 Å². The summed E-state index contributed by atoms with van der Waals surface area (Å²) in [5.74, 6) is 0.447. The first-order valence-electron chi connectivity index (χ1n) is 8.93. The summed E-state index contributed by atoms with van der Waals surface area (Å²) in [6, 6.07) is 8.96. The molecule has 1 aromatic carbocycles. The molecular formula is C19H25N3O. The van der Waals surface area contributed by atoms with Crippen LogP contribution in [0.4, 0.5) is 4.79 Å². The number of likely N-dealkylation sites (tertiary alicyclic amines) is 1. The Bertz CT molecular complexity index is 687. The lowest BCUT2D eigenvalue weighted by molar-refractivity contribution is 0.200. The van der Waals surface area contributed by atoms with Crippen molar-refractivity contribution < 1.29 is 4.79 Å². The van der Waals surface area contributed by atoms with E-state index in [9.17, 15) is 4.79 Å². The van der Waals surface area contributed by atoms with Crippen LogP contribution in [0.1, 0.15) is 50.0 Å². The molecule has 1 aromatic heterocycles. The van der Waals surface area contributed by atoms with Crippen LogP contribution in [0, 0.1) is 0 Å². The van der Waals surface area contributed by atoms with Gasteiger partial charge in [-0.15, -0.1) is 0 Å². The molecule has 1 aliphatic carbocycles. The highest BCUT2D eigenvalue weighted by Crippen LogP contribution is 2.32. The molecule has 1 saturated heterocycles. The van der Waals surface area contributed by atoms with Gasteiger partial charge in [0.05, 0.1) is 0 Å². The number of H-pyrrole nitrogens is 1. The summed E-state index contributed by atoms with van der Waals surface area (Å²) in [6.45, 7) is 1.70. The number of carbonyl (C=O) groups excluding carboxylic acids is 1. The SMILES string of the molecule is O=C(NC1CCCCC1)N1CCC(c2c[nH]c3ccccc23)C1. The average Bonchev–Trinajstić information content (AvgIpc) is 3.22. The van der Waals surface area contributed by atoms with Gasteiger partial charge in [-0.3, -0.25) is 0 Å². The Balaban J connectivity index is 1.41. The second kappa shape index (κ2) is 6.26. The number of aromatic nitrogens is 1. The Morgan fingerprint density at radius 3 is 2.83 bits per heavy atom. The molecule has 2 fully saturated rings. The van der Waals surface area contributed by atoms with Crippen molar-refractivity contribution in [1.82, 2.24) is 15.2 Å². The maximum atomic E-state index is 12.5. The molecule has 4 rings (SSSR count). The zero-order valence-corrected chi connectivity index (χ0v) is 13.6. The van der Waals surface area contributed by atoms with Crippen molar-refractivity contribution in [2.45, 2.75) is 50.5 Å². The number of benzene rings is 1. The maximum absolute atomic E-state index is 12.5. The summed E-state index contributed by atoms with van der Waals surface area (Å²) in [4.78, 5) is 17.9. The van der Waals surface area contributed by atoms with E-state index in [1.54, 1.807) is 0 Å². The minimum atomic E-state index is 0.138. The second-order valence-corrected chi connectivity index (χ2v) is 7.01. The third-order valence-corrected chi connectivity index (χ3v) is 5.47. The Morgan fingerprint density at radius 2 is 1.96 bits per heavy atom. The Hall–Kier alpha value is -1.97. The molecule has 1 aliphatic heterocycles. The topological polar surface area (TPSA) is 48.1 Å². The van der Waals surface area contributed by atoms with Crippen molar-refractivity contribution in [3.63, 3.8) is 0 Å². The molecule has 4 heteroatoms. The summed E-state index contributed by atoms with van der Waals surface area (Å²) in [7, 11) is 0. The van der Waals surface area contributed by atoms with Crippen molar-refractivity contribution in [2.75, 3.05) is 13.1 Å². The third kappa shape index (κ3) is 2.94. The van der Waals surface area contributed by atoms with Gasteiger partial charge >= 0.3 is 6.03 Å². The number of fused-ring (bicyclic) bond motifs is 1. The van der Waals surface area contributed by atoms with E-state index < -0.39 is 0 Å². The fourth-order valence-electron chi connectivity index (χ4n) is 4.14. The number of hydrogen-bond donors (Lipinski definition) is 2. The molecule has 1 unspecified atom stereocenters. The van der Waals surface area contributed by atoms with Crippen LogP contribution in [0.2, 0.25) is 0 Å². The highest BCUT2D eigenvalue weighted by Gasteiger charge is 2.29. The summed E-state index contributed by atoms with van der Waals surface area (Å²) < 4.78 is 0. The normalized spacial score (nSPS) is 22.6. The van der Waals surface area contributed by atoms with Gasteiger partial charge in [-0.05, 0) is 30.9 Å². The number of aromatic amines is 1. The lowest BCUT2D eigenvalue weighted by Gasteiger charge is -2.26. The van der Waals surface area contributed by atoms with E-state index in [2.05, 4.69) is 40.8 Å². The van der Waals surface area contributed by atoms with Gasteiger partial charge in [0.25, 0.3) is 0 Å². The predicted molar refractivity (Wildman–Crippen MR) is 92.6 cm³/mol. The average molecular weight is 311 g/mol. The van der Waals surface area contributed by atoms with Gasteiger partial charge in [0.1, 0.15) is 0 Å². The molecule has 23 heavy (non-hydrogen) atoms. The molecular weight excluding hydrogens is 286 g/mol. The van der Waals surface area contributed by atoms with Crippen LogP contribution in [-0.2, 0) is 0 Å². The van der Waals surface area contributed by atoms with Crippen LogP contribution >= 0.6 is 0 Å². The first-order chi connectivity index (χ1) is 11.3. The standard InChI is InChI=1S/C19H25N3O/c23-19(21-15-6-2-1-3-7-15)22-11-10-14(13-22)17-12-20-18-9-5-4-8-16(17)18/h4-5,8-9,12,14-15,20H,1-3,6-7,10-11,13H2,(H,21,23). The number of hydrogen-bond acceptors (Lipinski definition) is 1. The number of nitrogens with zero attached hydrogens (tertiary/aromatic N) is 1. The van der Waals surface area contributed by atoms with Crippen molar-refractivity contribution in [3.8, 4) is 0 Å². The fraction of sp³-hybridized carbons (Fsp3) is 0.526. The van der Waals surface area contributed by atoms with E-state index in [1.807, 2.05) is 4.90 Å². The van der Waals surface area contributed by atoms with E-state index in [0.29, 0.717) is 12.0 Å². The lowest BCUT2D eigenvalue weighted by atomic mass is 9.96. The molecule has 2 amide bonds. The van der Waals surface area contributed by atoms with E-state index in [-0.39, 0.29) is 6.03 Å². The molecule has 0 spiro atoms. The zero-order chi connectivity index (χ0) is 15.6. The molecule has 4 nitrogen and oxygen atoms in total. The molecule has 1 atom stereocenters. The molecule has 122 valence electrons. The number of para-hydroxylation sites is 1. The quantitative estimate of drug-likeness (QED) is 0.865. The van der Waals surface area contributed by atoms with Gasteiger partial charge in [-0.2, -0.15) is 0 Å². The molecule has 2 heterocycles. The van der Waals surface area contributed by atoms with E-state index in [0.717, 1.165) is 32.4 Å². The molecule has 2 aliphatic rings. The molecule has 2 N–H and O–H groups in total. The first kappa shape index (κ1) is 14.6. The van der Waals surface area contributed by atoms with Gasteiger partial charge in [0, 0.05) is 42.1 Å². The largest absolute Gasteiger partial charge is 0.361 e. The van der Waals surface area contributed by atoms with Crippen LogP contribution < -0.4 is 5.32 Å². The Morgan fingerprint density at radius 1 is 1.13 bits per heavy atom. The van der Waals surface area contributed by atoms with Gasteiger partial charge < -0.3 is 15.2 Å². The zero-order valence-electron chi connectivity index (χ0n) is 13.6. The number of urea groups is 1. The van der Waals surface area contributed by atoms with Crippen LogP contribution in [0.25, 0.3) is 10.9 Å². The summed E-state index contributed by atoms with van der Waals surface area (Å²) >= 11 is 0. The van der Waals surface area contributed by atoms with Gasteiger partial charge in [0.2, 0.25) is 0 Å². The summed E-state index contributed by atoms with van der Waals surface area (Å²) in [5, 5.41) is 4.54. The van der Waals surface area contributed by atoms with Crippen LogP contribution in [0.3, 0.4) is 0 Å². The number of rotatable bonds is 2. The van der Waals surface area contributed by atoms with E-state index >= 15 is 0 Å². The number of nitrogens with one attached hydrogen (secondary N) is 2. The smallest absolute Gasteiger partial charge is 0.317 e. The first-order valence-corrected chi connectivity index (χ1v) is 8.93. The Labute approximate surface area is 137 Å². The van der Waals surface area contributed by atoms with Gasteiger partial charge in [-0.25, -0.2) is 4.79 Å². The molecule has 0 radical (unpaired) electrons. The lowest BCUT2D eigenvalue weighted by Crippen LogP contribution is -2.44.